The van der Waals surface area contributed by atoms with Gasteiger partial charge in [-0.3, -0.25) is 0 Å². The second-order valence-electron chi connectivity index (χ2n) is 6.14. The van der Waals surface area contributed by atoms with Gasteiger partial charge in [0, 0.05) is 17.1 Å². The zero-order valence-corrected chi connectivity index (χ0v) is 15.9. The van der Waals surface area contributed by atoms with Crippen LogP contribution in [0.3, 0.4) is 0 Å². The number of anilines is 1. The lowest BCUT2D eigenvalue weighted by Gasteiger charge is -2.16. The molecule has 2 aromatic carbocycles. The summed E-state index contributed by atoms with van der Waals surface area (Å²) in [5.74, 6) is 0. The highest BCUT2D eigenvalue weighted by Gasteiger charge is 2.18. The highest BCUT2D eigenvalue weighted by molar-refractivity contribution is 7.78. The molecule has 132 valence electrons. The molecule has 0 amide bonds. The highest BCUT2D eigenvalue weighted by atomic mass is 32.1. The minimum atomic E-state index is -0.369. The summed E-state index contributed by atoms with van der Waals surface area (Å²) < 4.78 is 5.64. The van der Waals surface area contributed by atoms with Gasteiger partial charge < -0.3 is 10.2 Å². The maximum atomic E-state index is 12.7. The number of hydrogen-bond acceptors (Lipinski definition) is 5. The van der Waals surface area contributed by atoms with E-state index in [1.54, 1.807) is 18.2 Å². The van der Waals surface area contributed by atoms with Crippen molar-refractivity contribution in [3.8, 4) is 11.1 Å². The summed E-state index contributed by atoms with van der Waals surface area (Å²) in [6, 6.07) is 9.07. The Labute approximate surface area is 157 Å². The second kappa shape index (κ2) is 7.24. The van der Waals surface area contributed by atoms with E-state index in [-0.39, 0.29) is 5.63 Å². The molecule has 3 aromatic rings. The van der Waals surface area contributed by atoms with Crippen LogP contribution in [-0.4, -0.2) is 5.16 Å². The van der Waals surface area contributed by atoms with Crippen LogP contribution in [0.15, 0.2) is 44.5 Å². The fourth-order valence-electron chi connectivity index (χ4n) is 3.59. The van der Waals surface area contributed by atoms with E-state index in [1.165, 1.54) is 0 Å². The van der Waals surface area contributed by atoms with E-state index in [0.717, 1.165) is 40.5 Å². The average Bonchev–Trinajstić information content (AvgIpc) is 2.62. The number of aliphatic imine (C=N–C) groups is 1. The van der Waals surface area contributed by atoms with Crippen molar-refractivity contribution in [3.63, 3.8) is 0 Å². The third-order valence-corrected chi connectivity index (χ3v) is 4.83. The first kappa shape index (κ1) is 18.1. The molecule has 1 aromatic heterocycles. The molecule has 0 aliphatic heterocycles. The summed E-state index contributed by atoms with van der Waals surface area (Å²) in [6.07, 6.45) is 1.66. The number of hydrogen-bond donors (Lipinski definition) is 1. The van der Waals surface area contributed by atoms with Crippen molar-refractivity contribution in [1.82, 2.24) is 0 Å². The molecule has 0 spiro atoms. The Morgan fingerprint density at radius 1 is 1.15 bits per heavy atom. The number of nitrogens with zero attached hydrogens (tertiary/aromatic N) is 1. The van der Waals surface area contributed by atoms with Crippen molar-refractivity contribution in [2.24, 2.45) is 4.99 Å². The van der Waals surface area contributed by atoms with Crippen molar-refractivity contribution in [3.05, 3.63) is 57.4 Å². The quantitative estimate of drug-likeness (QED) is 0.299. The van der Waals surface area contributed by atoms with Gasteiger partial charge in [-0.1, -0.05) is 26.0 Å². The molecule has 0 aliphatic carbocycles. The van der Waals surface area contributed by atoms with Crippen LogP contribution in [0.4, 0.5) is 11.4 Å². The number of nitrogen functional groups attached to an aromatic ring is 1. The molecular weight excluding hydrogens is 344 g/mol. The third-order valence-electron chi connectivity index (χ3n) is 4.74. The largest absolute Gasteiger partial charge is 0.422 e. The fourth-order valence-corrected chi connectivity index (χ4v) is 3.70. The standard InChI is InChI=1S/C21H20N2O2S/c1-4-15-16(5-2)20-12(3)19(21(24)25-18(20)10-17(15)22)13-6-8-14(9-7-13)23-11-26/h6-10H,4-5,22H2,1-3H3. The first-order chi connectivity index (χ1) is 12.5. The van der Waals surface area contributed by atoms with Crippen molar-refractivity contribution in [1.29, 1.82) is 0 Å². The van der Waals surface area contributed by atoms with Crippen LogP contribution in [0, 0.1) is 6.92 Å². The summed E-state index contributed by atoms with van der Waals surface area (Å²) >= 11 is 4.62. The zero-order valence-electron chi connectivity index (χ0n) is 15.1. The monoisotopic (exact) mass is 364 g/mol. The molecule has 0 aliphatic rings. The summed E-state index contributed by atoms with van der Waals surface area (Å²) in [4.78, 5) is 16.6. The summed E-state index contributed by atoms with van der Waals surface area (Å²) in [5, 5.41) is 3.32. The number of isothiocyanates is 1. The molecule has 0 saturated carbocycles. The van der Waals surface area contributed by atoms with Gasteiger partial charge in [0.2, 0.25) is 0 Å². The zero-order chi connectivity index (χ0) is 18.8. The molecule has 0 atom stereocenters. The van der Waals surface area contributed by atoms with E-state index in [4.69, 9.17) is 10.2 Å². The molecule has 5 heteroatoms. The predicted octanol–water partition coefficient (Wildman–Crippen LogP) is 5.21. The maximum absolute atomic E-state index is 12.7. The predicted molar refractivity (Wildman–Crippen MR) is 111 cm³/mol. The molecule has 0 fully saturated rings. The van der Waals surface area contributed by atoms with Crippen LogP contribution in [0.1, 0.15) is 30.5 Å². The molecule has 0 bridgehead atoms. The fraction of sp³-hybridized carbons (Fsp3) is 0.238. The van der Waals surface area contributed by atoms with Gasteiger partial charge in [-0.25, -0.2) is 4.79 Å². The van der Waals surface area contributed by atoms with Crippen LogP contribution in [0.5, 0.6) is 0 Å². The molecule has 2 N–H and O–H groups in total. The minimum absolute atomic E-state index is 0.369. The van der Waals surface area contributed by atoms with Crippen LogP contribution < -0.4 is 11.4 Å². The third kappa shape index (κ3) is 2.96. The van der Waals surface area contributed by atoms with Crippen molar-refractivity contribution in [2.45, 2.75) is 33.6 Å². The number of fused-ring (bicyclic) bond motifs is 1. The van der Waals surface area contributed by atoms with Crippen molar-refractivity contribution >= 4 is 39.7 Å². The first-order valence-electron chi connectivity index (χ1n) is 8.57. The summed E-state index contributed by atoms with van der Waals surface area (Å²) in [6.45, 7) is 6.14. The molecule has 3 rings (SSSR count). The van der Waals surface area contributed by atoms with E-state index < -0.39 is 0 Å². The Morgan fingerprint density at radius 3 is 2.38 bits per heavy atom. The van der Waals surface area contributed by atoms with Gasteiger partial charge in [-0.15, -0.1) is 0 Å². The molecule has 0 radical (unpaired) electrons. The van der Waals surface area contributed by atoms with Gasteiger partial charge in [0.05, 0.1) is 16.4 Å². The van der Waals surface area contributed by atoms with E-state index in [2.05, 4.69) is 36.2 Å². The number of aryl methyl sites for hydroxylation is 2. The topological polar surface area (TPSA) is 68.6 Å². The smallest absolute Gasteiger partial charge is 0.344 e. The lowest BCUT2D eigenvalue weighted by atomic mass is 9.91. The van der Waals surface area contributed by atoms with Crippen LogP contribution in [-0.2, 0) is 12.8 Å². The molecule has 0 unspecified atom stereocenters. The van der Waals surface area contributed by atoms with Gasteiger partial charge in [0.1, 0.15) is 5.58 Å². The average molecular weight is 364 g/mol. The SMILES string of the molecule is CCc1c(N)cc2oc(=O)c(-c3ccc(N=C=S)cc3)c(C)c2c1CC. The van der Waals surface area contributed by atoms with Crippen LogP contribution in [0.2, 0.25) is 0 Å². The highest BCUT2D eigenvalue weighted by Crippen LogP contribution is 2.34. The normalized spacial score (nSPS) is 10.7. The van der Waals surface area contributed by atoms with Gasteiger partial charge in [-0.2, -0.15) is 4.99 Å². The molecule has 1 heterocycles. The molecular formula is C21H20N2O2S. The van der Waals surface area contributed by atoms with Gasteiger partial charge in [0.25, 0.3) is 0 Å². The van der Waals surface area contributed by atoms with Crippen molar-refractivity contribution in [2.75, 3.05) is 5.73 Å². The van der Waals surface area contributed by atoms with Crippen molar-refractivity contribution < 1.29 is 4.42 Å². The molecule has 0 saturated heterocycles. The van der Waals surface area contributed by atoms with Crippen LogP contribution >= 0.6 is 12.2 Å². The van der Waals surface area contributed by atoms with E-state index in [9.17, 15) is 4.79 Å². The van der Waals surface area contributed by atoms with E-state index in [0.29, 0.717) is 22.5 Å². The number of benzene rings is 2. The van der Waals surface area contributed by atoms with Gasteiger partial charge in [0.15, 0.2) is 0 Å². The minimum Gasteiger partial charge on any atom is -0.422 e. The van der Waals surface area contributed by atoms with E-state index in [1.807, 2.05) is 19.1 Å². The van der Waals surface area contributed by atoms with Gasteiger partial charge >= 0.3 is 5.63 Å². The number of thiocarbonyl (C=S) groups is 1. The van der Waals surface area contributed by atoms with Gasteiger partial charge in [-0.05, 0) is 66.4 Å². The van der Waals surface area contributed by atoms with E-state index >= 15 is 0 Å². The summed E-state index contributed by atoms with van der Waals surface area (Å²) in [5.41, 5.74) is 12.3. The Morgan fingerprint density at radius 2 is 1.81 bits per heavy atom. The molecule has 4 nitrogen and oxygen atoms in total. The Hall–Kier alpha value is -2.75. The number of nitrogens with two attached hydrogens (primary N) is 1. The lowest BCUT2D eigenvalue weighted by molar-refractivity contribution is 0.562. The van der Waals surface area contributed by atoms with Crippen LogP contribution in [0.25, 0.3) is 22.1 Å². The molecule has 26 heavy (non-hydrogen) atoms. The maximum Gasteiger partial charge on any atom is 0.344 e. The number of rotatable bonds is 4. The first-order valence-corrected chi connectivity index (χ1v) is 8.98. The Balaban J connectivity index is 2.35. The Bertz CT molecular complexity index is 1090. The Kier molecular flexibility index (Phi) is 5.03. The second-order valence-corrected chi connectivity index (χ2v) is 6.33. The lowest BCUT2D eigenvalue weighted by Crippen LogP contribution is -2.09. The summed E-state index contributed by atoms with van der Waals surface area (Å²) in [7, 11) is 0.